The first-order valence-electron chi connectivity index (χ1n) is 7.92. The number of hydrogen-bond acceptors (Lipinski definition) is 2. The van der Waals surface area contributed by atoms with E-state index in [0.717, 1.165) is 5.56 Å². The normalized spacial score (nSPS) is 13.7. The summed E-state index contributed by atoms with van der Waals surface area (Å²) in [7, 11) is -3.63. The number of halogens is 1. The third-order valence-corrected chi connectivity index (χ3v) is 5.34. The number of nitrogens with one attached hydrogen (secondary N) is 1. The first kappa shape index (κ1) is 18.6. The standard InChI is InChI=1S/C19H24FNO2S/c1-14(15-9-11-17(12-10-15)19(2,3)4)21-24(22,23)13-16-7-5-6-8-18(16)20/h5-12,14,21H,13H2,1-4H3/t14-/m1/s1. The molecule has 3 nitrogen and oxygen atoms in total. The predicted molar refractivity (Wildman–Crippen MR) is 95.7 cm³/mol. The maximum absolute atomic E-state index is 13.6. The number of benzene rings is 2. The topological polar surface area (TPSA) is 46.2 Å². The third-order valence-electron chi connectivity index (χ3n) is 3.94. The van der Waals surface area contributed by atoms with E-state index in [-0.39, 0.29) is 22.8 Å². The second kappa shape index (κ2) is 7.03. The molecule has 0 amide bonds. The highest BCUT2D eigenvalue weighted by Gasteiger charge is 2.19. The minimum Gasteiger partial charge on any atom is -0.212 e. The van der Waals surface area contributed by atoms with E-state index in [9.17, 15) is 12.8 Å². The lowest BCUT2D eigenvalue weighted by atomic mass is 9.86. The van der Waals surface area contributed by atoms with Crippen LogP contribution in [-0.2, 0) is 21.2 Å². The van der Waals surface area contributed by atoms with Crippen molar-refractivity contribution in [3.05, 3.63) is 71.0 Å². The lowest BCUT2D eigenvalue weighted by Gasteiger charge is -2.20. The van der Waals surface area contributed by atoms with E-state index in [2.05, 4.69) is 25.5 Å². The summed E-state index contributed by atoms with van der Waals surface area (Å²) < 4.78 is 40.8. The van der Waals surface area contributed by atoms with Crippen molar-refractivity contribution in [3.8, 4) is 0 Å². The Morgan fingerprint density at radius 3 is 2.17 bits per heavy atom. The second-order valence-corrected chi connectivity index (χ2v) is 8.82. The molecule has 0 aliphatic rings. The Kier molecular flexibility index (Phi) is 5.45. The van der Waals surface area contributed by atoms with E-state index >= 15 is 0 Å². The van der Waals surface area contributed by atoms with Crippen molar-refractivity contribution in [2.24, 2.45) is 0 Å². The van der Waals surface area contributed by atoms with Gasteiger partial charge in [-0.15, -0.1) is 0 Å². The van der Waals surface area contributed by atoms with Gasteiger partial charge >= 0.3 is 0 Å². The molecule has 0 fully saturated rings. The van der Waals surface area contributed by atoms with Crippen LogP contribution in [0.2, 0.25) is 0 Å². The average molecular weight is 349 g/mol. The molecule has 0 saturated heterocycles. The summed E-state index contributed by atoms with van der Waals surface area (Å²) in [5.74, 6) is -0.880. The van der Waals surface area contributed by atoms with Crippen LogP contribution >= 0.6 is 0 Å². The molecule has 5 heteroatoms. The van der Waals surface area contributed by atoms with Crippen molar-refractivity contribution in [2.75, 3.05) is 0 Å². The number of sulfonamides is 1. The van der Waals surface area contributed by atoms with E-state index in [1.165, 1.54) is 23.8 Å². The van der Waals surface area contributed by atoms with Gasteiger partial charge in [-0.3, -0.25) is 0 Å². The van der Waals surface area contributed by atoms with E-state index in [1.807, 2.05) is 24.3 Å². The zero-order valence-corrected chi connectivity index (χ0v) is 15.3. The summed E-state index contributed by atoms with van der Waals surface area (Å²) in [6.07, 6.45) is 0. The van der Waals surface area contributed by atoms with Gasteiger partial charge in [0.1, 0.15) is 5.82 Å². The molecule has 0 unspecified atom stereocenters. The van der Waals surface area contributed by atoms with Crippen molar-refractivity contribution in [1.82, 2.24) is 4.72 Å². The Hall–Kier alpha value is -1.72. The van der Waals surface area contributed by atoms with Gasteiger partial charge in [-0.05, 0) is 29.5 Å². The van der Waals surface area contributed by atoms with Gasteiger partial charge in [0.25, 0.3) is 0 Å². The summed E-state index contributed by atoms with van der Waals surface area (Å²) in [4.78, 5) is 0. The van der Waals surface area contributed by atoms with Gasteiger partial charge in [-0.25, -0.2) is 17.5 Å². The molecular weight excluding hydrogens is 325 g/mol. The fraction of sp³-hybridized carbons (Fsp3) is 0.368. The minimum absolute atomic E-state index is 0.0477. The summed E-state index contributed by atoms with van der Waals surface area (Å²) >= 11 is 0. The van der Waals surface area contributed by atoms with Crippen LogP contribution in [0.4, 0.5) is 4.39 Å². The molecule has 0 aliphatic heterocycles. The summed E-state index contributed by atoms with van der Waals surface area (Å²) in [6, 6.07) is 13.4. The van der Waals surface area contributed by atoms with Crippen molar-refractivity contribution < 1.29 is 12.8 Å². The monoisotopic (exact) mass is 349 g/mol. The van der Waals surface area contributed by atoms with Gasteiger partial charge in [-0.2, -0.15) is 0 Å². The summed E-state index contributed by atoms with van der Waals surface area (Å²) in [6.45, 7) is 8.17. The molecule has 1 atom stereocenters. The Morgan fingerprint density at radius 2 is 1.62 bits per heavy atom. The molecule has 2 aromatic carbocycles. The maximum atomic E-state index is 13.6. The van der Waals surface area contributed by atoms with Gasteiger partial charge < -0.3 is 0 Å². The SMILES string of the molecule is C[C@@H](NS(=O)(=O)Cc1ccccc1F)c1ccc(C(C)(C)C)cc1. The van der Waals surface area contributed by atoms with Crippen LogP contribution < -0.4 is 4.72 Å². The fourth-order valence-electron chi connectivity index (χ4n) is 2.47. The Balaban J connectivity index is 2.10. The summed E-state index contributed by atoms with van der Waals surface area (Å²) in [5.41, 5.74) is 2.28. The number of hydrogen-bond donors (Lipinski definition) is 1. The largest absolute Gasteiger partial charge is 0.216 e. The van der Waals surface area contributed by atoms with Crippen LogP contribution in [-0.4, -0.2) is 8.42 Å². The highest BCUT2D eigenvalue weighted by molar-refractivity contribution is 7.88. The zero-order chi connectivity index (χ0) is 18.0. The van der Waals surface area contributed by atoms with E-state index in [0.29, 0.717) is 0 Å². The highest BCUT2D eigenvalue weighted by Crippen LogP contribution is 2.24. The molecule has 0 aromatic heterocycles. The van der Waals surface area contributed by atoms with Gasteiger partial charge in [0.15, 0.2) is 0 Å². The summed E-state index contributed by atoms with van der Waals surface area (Å²) in [5, 5.41) is 0. The van der Waals surface area contributed by atoms with Crippen molar-refractivity contribution in [3.63, 3.8) is 0 Å². The van der Waals surface area contributed by atoms with Gasteiger partial charge in [0, 0.05) is 11.6 Å². The molecular formula is C19H24FNO2S. The van der Waals surface area contributed by atoms with Crippen molar-refractivity contribution in [1.29, 1.82) is 0 Å². The molecule has 0 saturated carbocycles. The fourth-order valence-corrected chi connectivity index (χ4v) is 3.87. The smallest absolute Gasteiger partial charge is 0.212 e. The molecule has 2 rings (SSSR count). The average Bonchev–Trinajstić information content (AvgIpc) is 2.48. The Bertz CT molecular complexity index is 793. The van der Waals surface area contributed by atoms with Gasteiger partial charge in [0.2, 0.25) is 10.0 Å². The first-order chi connectivity index (χ1) is 11.1. The van der Waals surface area contributed by atoms with Crippen LogP contribution in [0.3, 0.4) is 0 Å². The molecule has 1 N–H and O–H groups in total. The van der Waals surface area contributed by atoms with Crippen molar-refractivity contribution >= 4 is 10.0 Å². The molecule has 0 heterocycles. The molecule has 0 bridgehead atoms. The highest BCUT2D eigenvalue weighted by atomic mass is 32.2. The maximum Gasteiger partial charge on any atom is 0.216 e. The first-order valence-corrected chi connectivity index (χ1v) is 9.57. The van der Waals surface area contributed by atoms with Crippen LogP contribution in [0, 0.1) is 5.82 Å². The Labute approximate surface area is 144 Å². The second-order valence-electron chi connectivity index (χ2n) is 7.06. The Morgan fingerprint density at radius 1 is 1.04 bits per heavy atom. The molecule has 0 spiro atoms. The number of rotatable bonds is 5. The van der Waals surface area contributed by atoms with Crippen LogP contribution in [0.5, 0.6) is 0 Å². The molecule has 130 valence electrons. The van der Waals surface area contributed by atoms with Crippen LogP contribution in [0.25, 0.3) is 0 Å². The van der Waals surface area contributed by atoms with E-state index in [1.54, 1.807) is 13.0 Å². The van der Waals surface area contributed by atoms with Gasteiger partial charge in [0.05, 0.1) is 5.75 Å². The van der Waals surface area contributed by atoms with Crippen LogP contribution in [0.15, 0.2) is 48.5 Å². The molecule has 2 aromatic rings. The van der Waals surface area contributed by atoms with Gasteiger partial charge in [-0.1, -0.05) is 63.2 Å². The molecule has 0 radical (unpaired) electrons. The molecule has 0 aliphatic carbocycles. The van der Waals surface area contributed by atoms with E-state index in [4.69, 9.17) is 0 Å². The minimum atomic E-state index is -3.63. The van der Waals surface area contributed by atoms with Crippen molar-refractivity contribution in [2.45, 2.75) is 44.9 Å². The third kappa shape index (κ3) is 4.89. The lowest BCUT2D eigenvalue weighted by molar-refractivity contribution is 0.560. The quantitative estimate of drug-likeness (QED) is 0.874. The molecule has 24 heavy (non-hydrogen) atoms. The predicted octanol–water partition coefficient (Wildman–Crippen LogP) is 4.30. The van der Waals surface area contributed by atoms with E-state index < -0.39 is 15.8 Å². The lowest BCUT2D eigenvalue weighted by Crippen LogP contribution is -2.28. The van der Waals surface area contributed by atoms with Crippen LogP contribution in [0.1, 0.15) is 50.4 Å². The zero-order valence-electron chi connectivity index (χ0n) is 14.5.